The van der Waals surface area contributed by atoms with E-state index in [9.17, 15) is 10.1 Å². The Morgan fingerprint density at radius 2 is 2.35 bits per heavy atom. The zero-order chi connectivity index (χ0) is 12.8. The fourth-order valence-corrected chi connectivity index (χ4v) is 1.20. The first-order valence-electron chi connectivity index (χ1n) is 4.89. The van der Waals surface area contributed by atoms with Crippen LogP contribution >= 0.6 is 0 Å². The second-order valence-corrected chi connectivity index (χ2v) is 3.42. The standard InChI is InChI=1S/C10H13N3O4/c1-7-2-3-8(13(15)16)9(6-7)17-5-4-10(11)12-14/h2-3,6,14H,4-5H2,1H3,(H2,11,12). The minimum atomic E-state index is -0.516. The van der Waals surface area contributed by atoms with Crippen LogP contribution in [-0.4, -0.2) is 22.6 Å². The van der Waals surface area contributed by atoms with E-state index >= 15 is 0 Å². The van der Waals surface area contributed by atoms with Crippen molar-refractivity contribution >= 4 is 11.5 Å². The quantitative estimate of drug-likeness (QED) is 0.265. The molecule has 0 aliphatic carbocycles. The molecule has 3 N–H and O–H groups in total. The number of hydrogen-bond acceptors (Lipinski definition) is 5. The fraction of sp³-hybridized carbons (Fsp3) is 0.300. The van der Waals surface area contributed by atoms with Gasteiger partial charge >= 0.3 is 5.69 Å². The Hall–Kier alpha value is -2.31. The van der Waals surface area contributed by atoms with Gasteiger partial charge in [0.05, 0.1) is 11.5 Å². The highest BCUT2D eigenvalue weighted by atomic mass is 16.6. The van der Waals surface area contributed by atoms with E-state index in [1.54, 1.807) is 19.1 Å². The van der Waals surface area contributed by atoms with Gasteiger partial charge in [-0.3, -0.25) is 10.1 Å². The number of rotatable bonds is 5. The van der Waals surface area contributed by atoms with Gasteiger partial charge in [-0.25, -0.2) is 0 Å². The number of benzene rings is 1. The van der Waals surface area contributed by atoms with Crippen LogP contribution in [-0.2, 0) is 0 Å². The fourth-order valence-electron chi connectivity index (χ4n) is 1.20. The number of aryl methyl sites for hydroxylation is 1. The normalized spacial score (nSPS) is 11.2. The van der Waals surface area contributed by atoms with Crippen molar-refractivity contribution in [2.45, 2.75) is 13.3 Å². The summed E-state index contributed by atoms with van der Waals surface area (Å²) in [7, 11) is 0. The maximum Gasteiger partial charge on any atom is 0.310 e. The van der Waals surface area contributed by atoms with Gasteiger partial charge in [-0.05, 0) is 18.6 Å². The molecule has 17 heavy (non-hydrogen) atoms. The summed E-state index contributed by atoms with van der Waals surface area (Å²) >= 11 is 0. The average Bonchev–Trinajstić information content (AvgIpc) is 2.28. The first kappa shape index (κ1) is 12.8. The first-order chi connectivity index (χ1) is 8.04. The van der Waals surface area contributed by atoms with Crippen LogP contribution in [0.1, 0.15) is 12.0 Å². The summed E-state index contributed by atoms with van der Waals surface area (Å²) in [5, 5.41) is 21.8. The van der Waals surface area contributed by atoms with Gasteiger partial charge in [0.2, 0.25) is 0 Å². The largest absolute Gasteiger partial charge is 0.486 e. The average molecular weight is 239 g/mol. The monoisotopic (exact) mass is 239 g/mol. The smallest absolute Gasteiger partial charge is 0.310 e. The van der Waals surface area contributed by atoms with E-state index in [-0.39, 0.29) is 30.3 Å². The molecule has 0 aliphatic heterocycles. The van der Waals surface area contributed by atoms with E-state index < -0.39 is 4.92 Å². The molecule has 0 amide bonds. The van der Waals surface area contributed by atoms with Gasteiger partial charge in [-0.1, -0.05) is 11.2 Å². The minimum absolute atomic E-state index is 0.0142. The van der Waals surface area contributed by atoms with Crippen molar-refractivity contribution < 1.29 is 14.9 Å². The molecule has 0 spiro atoms. The highest BCUT2D eigenvalue weighted by molar-refractivity contribution is 5.79. The molecule has 0 bridgehead atoms. The molecule has 0 atom stereocenters. The van der Waals surface area contributed by atoms with Crippen molar-refractivity contribution in [3.8, 4) is 5.75 Å². The molecule has 7 nitrogen and oxygen atoms in total. The van der Waals surface area contributed by atoms with Crippen LogP contribution in [0.3, 0.4) is 0 Å². The van der Waals surface area contributed by atoms with Crippen molar-refractivity contribution in [1.82, 2.24) is 0 Å². The summed E-state index contributed by atoms with van der Waals surface area (Å²) in [5.41, 5.74) is 6.01. The van der Waals surface area contributed by atoms with Gasteiger partial charge in [0, 0.05) is 12.5 Å². The summed E-state index contributed by atoms with van der Waals surface area (Å²) in [6.45, 7) is 1.92. The van der Waals surface area contributed by atoms with E-state index in [0.29, 0.717) is 0 Å². The second-order valence-electron chi connectivity index (χ2n) is 3.42. The number of amidine groups is 1. The van der Waals surface area contributed by atoms with E-state index in [1.807, 2.05) is 0 Å². The zero-order valence-electron chi connectivity index (χ0n) is 9.29. The Balaban J connectivity index is 2.75. The lowest BCUT2D eigenvalue weighted by Gasteiger charge is -2.06. The van der Waals surface area contributed by atoms with Crippen LogP contribution in [0.15, 0.2) is 23.4 Å². The Bertz CT molecular complexity index is 445. The molecule has 0 heterocycles. The summed E-state index contributed by atoms with van der Waals surface area (Å²) < 4.78 is 5.24. The van der Waals surface area contributed by atoms with Crippen molar-refractivity contribution in [3.05, 3.63) is 33.9 Å². The predicted octanol–water partition coefficient (Wildman–Crippen LogP) is 1.42. The van der Waals surface area contributed by atoms with Gasteiger partial charge in [-0.2, -0.15) is 0 Å². The third-order valence-electron chi connectivity index (χ3n) is 2.06. The van der Waals surface area contributed by atoms with Crippen molar-refractivity contribution in [2.75, 3.05) is 6.61 Å². The molecule has 92 valence electrons. The molecule has 1 rings (SSSR count). The number of ether oxygens (including phenoxy) is 1. The Kier molecular flexibility index (Phi) is 4.27. The number of nitro groups is 1. The van der Waals surface area contributed by atoms with Crippen molar-refractivity contribution in [1.29, 1.82) is 0 Å². The number of oxime groups is 1. The van der Waals surface area contributed by atoms with Gasteiger partial charge in [0.1, 0.15) is 5.84 Å². The molecule has 0 aliphatic rings. The molecule has 1 aromatic carbocycles. The molecule has 0 aromatic heterocycles. The SMILES string of the molecule is Cc1ccc([N+](=O)[O-])c(OCC/C(N)=N/O)c1. The lowest BCUT2D eigenvalue weighted by Crippen LogP contribution is -2.15. The third kappa shape index (κ3) is 3.63. The van der Waals surface area contributed by atoms with Crippen LogP contribution < -0.4 is 10.5 Å². The predicted molar refractivity (Wildman–Crippen MR) is 61.4 cm³/mol. The van der Waals surface area contributed by atoms with Crippen molar-refractivity contribution in [2.24, 2.45) is 10.9 Å². The maximum atomic E-state index is 10.7. The highest BCUT2D eigenvalue weighted by Crippen LogP contribution is 2.27. The topological polar surface area (TPSA) is 111 Å². The molecular formula is C10H13N3O4. The summed E-state index contributed by atoms with van der Waals surface area (Å²) in [6, 6.07) is 4.59. The Morgan fingerprint density at radius 1 is 1.65 bits per heavy atom. The van der Waals surface area contributed by atoms with Crippen LogP contribution in [0.25, 0.3) is 0 Å². The zero-order valence-corrected chi connectivity index (χ0v) is 9.29. The van der Waals surface area contributed by atoms with E-state index in [1.165, 1.54) is 6.07 Å². The van der Waals surface area contributed by atoms with Crippen LogP contribution in [0.5, 0.6) is 5.75 Å². The highest BCUT2D eigenvalue weighted by Gasteiger charge is 2.14. The van der Waals surface area contributed by atoms with Gasteiger partial charge in [0.25, 0.3) is 0 Å². The maximum absolute atomic E-state index is 10.7. The number of hydrogen-bond donors (Lipinski definition) is 2. The summed E-state index contributed by atoms with van der Waals surface area (Å²) in [5.74, 6) is 0.195. The molecule has 0 unspecified atom stereocenters. The van der Waals surface area contributed by atoms with Crippen LogP contribution in [0, 0.1) is 17.0 Å². The van der Waals surface area contributed by atoms with E-state index in [4.69, 9.17) is 15.7 Å². The van der Waals surface area contributed by atoms with Crippen molar-refractivity contribution in [3.63, 3.8) is 0 Å². The van der Waals surface area contributed by atoms with Crippen LogP contribution in [0.4, 0.5) is 5.69 Å². The summed E-state index contributed by atoms with van der Waals surface area (Å²) in [4.78, 5) is 10.2. The van der Waals surface area contributed by atoms with E-state index in [2.05, 4.69) is 5.16 Å². The summed E-state index contributed by atoms with van der Waals surface area (Å²) in [6.07, 6.45) is 0.196. The molecule has 1 aromatic rings. The van der Waals surface area contributed by atoms with Gasteiger partial charge in [0.15, 0.2) is 5.75 Å². The number of nitrogens with zero attached hydrogens (tertiary/aromatic N) is 2. The van der Waals surface area contributed by atoms with Gasteiger partial charge < -0.3 is 15.7 Å². The second kappa shape index (κ2) is 5.69. The molecule has 0 radical (unpaired) electrons. The van der Waals surface area contributed by atoms with E-state index in [0.717, 1.165) is 5.56 Å². The molecule has 0 saturated heterocycles. The number of nitro benzene ring substituents is 1. The Labute approximate surface area is 97.6 Å². The van der Waals surface area contributed by atoms with Gasteiger partial charge in [-0.15, -0.1) is 0 Å². The Morgan fingerprint density at radius 3 is 2.94 bits per heavy atom. The molecule has 0 saturated carbocycles. The third-order valence-corrected chi connectivity index (χ3v) is 2.06. The van der Waals surface area contributed by atoms with Crippen LogP contribution in [0.2, 0.25) is 0 Å². The number of nitrogens with two attached hydrogens (primary N) is 1. The first-order valence-corrected chi connectivity index (χ1v) is 4.89. The molecular weight excluding hydrogens is 226 g/mol. The molecule has 7 heteroatoms. The lowest BCUT2D eigenvalue weighted by atomic mass is 10.2. The minimum Gasteiger partial charge on any atom is -0.486 e. The lowest BCUT2D eigenvalue weighted by molar-refractivity contribution is -0.385. The molecule has 0 fully saturated rings.